The summed E-state index contributed by atoms with van der Waals surface area (Å²) in [6, 6.07) is 6.79. The van der Waals surface area contributed by atoms with Crippen molar-refractivity contribution in [2.75, 3.05) is 13.1 Å². The molecule has 0 bridgehead atoms. The van der Waals surface area contributed by atoms with Crippen LogP contribution in [-0.2, 0) is 16.1 Å². The molecule has 0 atom stereocenters. The Morgan fingerprint density at radius 3 is 2.35 bits per heavy atom. The Morgan fingerprint density at radius 2 is 1.81 bits per heavy atom. The molecule has 0 unspecified atom stereocenters. The second-order valence-corrected chi connectivity index (χ2v) is 8.64. The molecule has 4 nitrogen and oxygen atoms in total. The molecule has 0 aromatic heterocycles. The fraction of sp³-hybridized carbons (Fsp3) is 0.619. The van der Waals surface area contributed by atoms with Crippen molar-refractivity contribution < 1.29 is 14.0 Å². The Morgan fingerprint density at radius 1 is 1.15 bits per heavy atom. The van der Waals surface area contributed by atoms with Crippen LogP contribution in [0.25, 0.3) is 0 Å². The molecular formula is C21H29FN2O2. The van der Waals surface area contributed by atoms with Crippen molar-refractivity contribution >= 4 is 11.8 Å². The smallest absolute Gasteiger partial charge is 0.227 e. The van der Waals surface area contributed by atoms with Gasteiger partial charge in [-0.1, -0.05) is 32.9 Å². The van der Waals surface area contributed by atoms with E-state index in [1.54, 1.807) is 6.07 Å². The third kappa shape index (κ3) is 4.43. The van der Waals surface area contributed by atoms with Gasteiger partial charge in [0.1, 0.15) is 5.82 Å². The molecule has 1 aliphatic heterocycles. The lowest BCUT2D eigenvalue weighted by molar-refractivity contribution is -0.145. The Balaban J connectivity index is 1.61. The van der Waals surface area contributed by atoms with Crippen LogP contribution in [0.4, 0.5) is 4.39 Å². The average molecular weight is 360 g/mol. The molecule has 1 aromatic rings. The molecule has 0 spiro atoms. The summed E-state index contributed by atoms with van der Waals surface area (Å²) in [4.78, 5) is 29.3. The summed E-state index contributed by atoms with van der Waals surface area (Å²) in [7, 11) is 0. The van der Waals surface area contributed by atoms with E-state index in [9.17, 15) is 14.0 Å². The fourth-order valence-electron chi connectivity index (χ4n) is 3.64. The fourth-order valence-corrected chi connectivity index (χ4v) is 3.64. The second-order valence-electron chi connectivity index (χ2n) is 8.64. The maximum atomic E-state index is 13.5. The minimum absolute atomic E-state index is 0.0341. The van der Waals surface area contributed by atoms with Crippen molar-refractivity contribution in [2.24, 2.45) is 11.3 Å². The molecule has 1 saturated heterocycles. The number of amides is 2. The van der Waals surface area contributed by atoms with Gasteiger partial charge >= 0.3 is 0 Å². The van der Waals surface area contributed by atoms with E-state index >= 15 is 0 Å². The van der Waals surface area contributed by atoms with Crippen LogP contribution in [0.15, 0.2) is 24.3 Å². The van der Waals surface area contributed by atoms with Crippen LogP contribution >= 0.6 is 0 Å². The minimum Gasteiger partial charge on any atom is -0.342 e. The predicted molar refractivity (Wildman–Crippen MR) is 98.7 cm³/mol. The van der Waals surface area contributed by atoms with Gasteiger partial charge in [0.25, 0.3) is 0 Å². The first-order valence-corrected chi connectivity index (χ1v) is 9.60. The number of hydrogen-bond acceptors (Lipinski definition) is 2. The van der Waals surface area contributed by atoms with E-state index in [2.05, 4.69) is 0 Å². The Bertz CT molecular complexity index is 671. The Hall–Kier alpha value is -1.91. The Labute approximate surface area is 155 Å². The van der Waals surface area contributed by atoms with E-state index in [4.69, 9.17) is 0 Å². The van der Waals surface area contributed by atoms with Gasteiger partial charge in [0.2, 0.25) is 11.8 Å². The number of piperidine rings is 1. The molecule has 1 saturated carbocycles. The molecule has 2 amide bonds. The van der Waals surface area contributed by atoms with Crippen LogP contribution in [0, 0.1) is 17.2 Å². The first kappa shape index (κ1) is 18.9. The topological polar surface area (TPSA) is 40.6 Å². The molecule has 2 aliphatic rings. The van der Waals surface area contributed by atoms with Gasteiger partial charge in [-0.15, -0.1) is 0 Å². The molecule has 26 heavy (non-hydrogen) atoms. The van der Waals surface area contributed by atoms with Crippen LogP contribution in [0.3, 0.4) is 0 Å². The van der Waals surface area contributed by atoms with Crippen molar-refractivity contribution in [3.8, 4) is 0 Å². The third-order valence-electron chi connectivity index (χ3n) is 5.29. The summed E-state index contributed by atoms with van der Waals surface area (Å²) >= 11 is 0. The number of rotatable bonds is 4. The SMILES string of the molecule is CC(C)(C)C(=O)N1CCC(C(=O)N(Cc2cccc(F)c2)C2CC2)CC1. The molecule has 0 radical (unpaired) electrons. The quantitative estimate of drug-likeness (QED) is 0.823. The second kappa shape index (κ2) is 7.37. The van der Waals surface area contributed by atoms with E-state index < -0.39 is 0 Å². The number of benzene rings is 1. The van der Waals surface area contributed by atoms with E-state index in [-0.39, 0.29) is 29.0 Å². The van der Waals surface area contributed by atoms with Crippen LogP contribution in [-0.4, -0.2) is 40.7 Å². The number of halogens is 1. The van der Waals surface area contributed by atoms with E-state index in [1.165, 1.54) is 12.1 Å². The van der Waals surface area contributed by atoms with E-state index in [0.29, 0.717) is 38.5 Å². The maximum absolute atomic E-state index is 13.5. The van der Waals surface area contributed by atoms with Gasteiger partial charge in [0, 0.05) is 37.0 Å². The normalized spacial score (nSPS) is 18.7. The zero-order valence-electron chi connectivity index (χ0n) is 16.0. The minimum atomic E-state index is -0.381. The van der Waals surface area contributed by atoms with Crippen molar-refractivity contribution in [3.63, 3.8) is 0 Å². The molecule has 142 valence electrons. The van der Waals surface area contributed by atoms with Gasteiger partial charge in [0.15, 0.2) is 0 Å². The molecule has 1 heterocycles. The van der Waals surface area contributed by atoms with Crippen LogP contribution in [0.2, 0.25) is 0 Å². The highest BCUT2D eigenvalue weighted by Gasteiger charge is 2.38. The zero-order valence-corrected chi connectivity index (χ0v) is 16.0. The van der Waals surface area contributed by atoms with Crippen molar-refractivity contribution in [1.29, 1.82) is 0 Å². The van der Waals surface area contributed by atoms with Crippen LogP contribution in [0.1, 0.15) is 52.0 Å². The number of nitrogens with zero attached hydrogens (tertiary/aromatic N) is 2. The Kier molecular flexibility index (Phi) is 5.35. The average Bonchev–Trinajstić information content (AvgIpc) is 3.43. The molecule has 0 N–H and O–H groups in total. The first-order valence-electron chi connectivity index (χ1n) is 9.60. The highest BCUT2D eigenvalue weighted by Crippen LogP contribution is 2.32. The highest BCUT2D eigenvalue weighted by molar-refractivity contribution is 5.83. The first-order chi connectivity index (χ1) is 12.3. The summed E-state index contributed by atoms with van der Waals surface area (Å²) in [5.41, 5.74) is 0.458. The molecule has 2 fully saturated rings. The predicted octanol–water partition coefficient (Wildman–Crippen LogP) is 3.60. The standard InChI is InChI=1S/C21H29FN2O2/c1-21(2,3)20(26)23-11-9-16(10-12-23)19(25)24(18-7-8-18)14-15-5-4-6-17(22)13-15/h4-6,13,16,18H,7-12,14H2,1-3H3. The van der Waals surface area contributed by atoms with Gasteiger partial charge < -0.3 is 9.80 Å². The van der Waals surface area contributed by atoms with Crippen LogP contribution in [0.5, 0.6) is 0 Å². The highest BCUT2D eigenvalue weighted by atomic mass is 19.1. The lowest BCUT2D eigenvalue weighted by Gasteiger charge is -2.37. The zero-order chi connectivity index (χ0) is 18.9. The third-order valence-corrected chi connectivity index (χ3v) is 5.29. The van der Waals surface area contributed by atoms with Gasteiger partial charge in [-0.3, -0.25) is 9.59 Å². The van der Waals surface area contributed by atoms with E-state index in [1.807, 2.05) is 36.6 Å². The largest absolute Gasteiger partial charge is 0.342 e. The van der Waals surface area contributed by atoms with Crippen molar-refractivity contribution in [2.45, 2.75) is 59.0 Å². The number of hydrogen-bond donors (Lipinski definition) is 0. The summed E-state index contributed by atoms with van der Waals surface area (Å²) in [6.07, 6.45) is 3.49. The number of carbonyl (C=O) groups excluding carboxylic acids is 2. The van der Waals surface area contributed by atoms with Crippen molar-refractivity contribution in [1.82, 2.24) is 9.80 Å². The number of likely N-dealkylation sites (tertiary alicyclic amines) is 1. The van der Waals surface area contributed by atoms with Gasteiger partial charge in [-0.2, -0.15) is 0 Å². The maximum Gasteiger partial charge on any atom is 0.227 e. The molecule has 5 heteroatoms. The number of carbonyl (C=O) groups is 2. The van der Waals surface area contributed by atoms with Gasteiger partial charge in [-0.25, -0.2) is 4.39 Å². The van der Waals surface area contributed by atoms with E-state index in [0.717, 1.165) is 18.4 Å². The van der Waals surface area contributed by atoms with Crippen LogP contribution < -0.4 is 0 Å². The summed E-state index contributed by atoms with van der Waals surface area (Å²) in [5, 5.41) is 0. The van der Waals surface area contributed by atoms with Gasteiger partial charge in [-0.05, 0) is 43.4 Å². The monoisotopic (exact) mass is 360 g/mol. The summed E-state index contributed by atoms with van der Waals surface area (Å²) < 4.78 is 13.5. The molecule has 3 rings (SSSR count). The molecule has 1 aromatic carbocycles. The lowest BCUT2D eigenvalue weighted by Crippen LogP contribution is -2.47. The molecular weight excluding hydrogens is 331 g/mol. The lowest BCUT2D eigenvalue weighted by atomic mass is 9.90. The summed E-state index contributed by atoms with van der Waals surface area (Å²) in [5.74, 6) is 0.0229. The van der Waals surface area contributed by atoms with Gasteiger partial charge in [0.05, 0.1) is 0 Å². The summed E-state index contributed by atoms with van der Waals surface area (Å²) in [6.45, 7) is 7.56. The molecule has 1 aliphatic carbocycles. The van der Waals surface area contributed by atoms with Crippen molar-refractivity contribution in [3.05, 3.63) is 35.6 Å².